The van der Waals surface area contributed by atoms with Crippen molar-refractivity contribution in [2.75, 3.05) is 25.6 Å². The van der Waals surface area contributed by atoms with Crippen molar-refractivity contribution in [1.29, 1.82) is 0 Å². The maximum Gasteiger partial charge on any atom is 0.327 e. The predicted octanol–water partition coefficient (Wildman–Crippen LogP) is 0.533. The Bertz CT molecular complexity index is 340. The third-order valence-electron chi connectivity index (χ3n) is 2.92. The summed E-state index contributed by atoms with van der Waals surface area (Å²) < 4.78 is 32.7. The van der Waals surface area contributed by atoms with Gasteiger partial charge in [0.05, 0.1) is 6.61 Å². The van der Waals surface area contributed by atoms with Gasteiger partial charge >= 0.3 is 5.97 Å². The summed E-state index contributed by atoms with van der Waals surface area (Å²) in [5.74, 6) is -0.675. The van der Waals surface area contributed by atoms with Gasteiger partial charge in [-0.3, -0.25) is 4.79 Å². The smallest absolute Gasteiger partial charge is 0.327 e. The van der Waals surface area contributed by atoms with Crippen LogP contribution in [0.2, 0.25) is 0 Å². The van der Waals surface area contributed by atoms with Gasteiger partial charge < -0.3 is 9.47 Å². The van der Waals surface area contributed by atoms with Crippen LogP contribution in [-0.2, 0) is 24.1 Å². The molecule has 1 aliphatic heterocycles. The lowest BCUT2D eigenvalue weighted by Crippen LogP contribution is -2.52. The Morgan fingerprint density at radius 2 is 1.88 bits per heavy atom. The van der Waals surface area contributed by atoms with Gasteiger partial charge in [0.2, 0.25) is 0 Å². The van der Waals surface area contributed by atoms with Crippen LogP contribution in [0.5, 0.6) is 0 Å². The van der Waals surface area contributed by atoms with E-state index in [9.17, 15) is 13.2 Å². The first-order valence-electron chi connectivity index (χ1n) is 5.47. The van der Waals surface area contributed by atoms with Gasteiger partial charge in [0.1, 0.15) is 0 Å². The minimum absolute atomic E-state index is 0.0498. The van der Waals surface area contributed by atoms with Crippen molar-refractivity contribution < 1.29 is 22.7 Å². The van der Waals surface area contributed by atoms with E-state index in [1.165, 1.54) is 0 Å². The molecule has 0 atom stereocenters. The second-order valence-corrected chi connectivity index (χ2v) is 6.32. The van der Waals surface area contributed by atoms with E-state index < -0.39 is 20.6 Å². The predicted molar refractivity (Wildman–Crippen MR) is 58.9 cm³/mol. The SMILES string of the molecule is CCOC(=O)C1(S(=O)(=O)CC)CCOCC1. The molecule has 1 aliphatic rings. The Labute approximate surface area is 96.0 Å². The first kappa shape index (κ1) is 13.4. The number of rotatable bonds is 4. The molecule has 0 aromatic heterocycles. The highest BCUT2D eigenvalue weighted by atomic mass is 32.2. The van der Waals surface area contributed by atoms with Crippen LogP contribution in [0.15, 0.2) is 0 Å². The Balaban J connectivity index is 3.06. The topological polar surface area (TPSA) is 69.7 Å². The minimum atomic E-state index is -3.46. The molecule has 0 aliphatic carbocycles. The largest absolute Gasteiger partial charge is 0.465 e. The van der Waals surface area contributed by atoms with E-state index in [0.717, 1.165) is 0 Å². The van der Waals surface area contributed by atoms with Crippen molar-refractivity contribution in [3.05, 3.63) is 0 Å². The molecule has 6 heteroatoms. The molecule has 0 unspecified atom stereocenters. The monoisotopic (exact) mass is 250 g/mol. The zero-order chi connectivity index (χ0) is 12.2. The summed E-state index contributed by atoms with van der Waals surface area (Å²) >= 11 is 0. The molecular formula is C10H18O5S. The molecule has 0 bridgehead atoms. The number of sulfone groups is 1. The molecule has 94 valence electrons. The van der Waals surface area contributed by atoms with Crippen LogP contribution in [0.4, 0.5) is 0 Å². The van der Waals surface area contributed by atoms with E-state index >= 15 is 0 Å². The summed E-state index contributed by atoms with van der Waals surface area (Å²) in [6.45, 7) is 3.99. The van der Waals surface area contributed by atoms with Crippen molar-refractivity contribution in [1.82, 2.24) is 0 Å². The molecular weight excluding hydrogens is 232 g/mol. The van der Waals surface area contributed by atoms with Crippen LogP contribution < -0.4 is 0 Å². The lowest BCUT2D eigenvalue weighted by Gasteiger charge is -2.33. The Morgan fingerprint density at radius 3 is 2.31 bits per heavy atom. The Morgan fingerprint density at radius 1 is 1.31 bits per heavy atom. The maximum atomic E-state index is 12.0. The second kappa shape index (κ2) is 5.14. The van der Waals surface area contributed by atoms with Crippen LogP contribution >= 0.6 is 0 Å². The fourth-order valence-corrected chi connectivity index (χ4v) is 3.54. The fraction of sp³-hybridized carbons (Fsp3) is 0.900. The molecule has 1 saturated heterocycles. The molecule has 5 nitrogen and oxygen atoms in total. The van der Waals surface area contributed by atoms with Gasteiger partial charge in [0.25, 0.3) is 0 Å². The lowest BCUT2D eigenvalue weighted by molar-refractivity contribution is -0.149. The van der Waals surface area contributed by atoms with Crippen molar-refractivity contribution >= 4 is 15.8 Å². The maximum absolute atomic E-state index is 12.0. The minimum Gasteiger partial charge on any atom is -0.465 e. The van der Waals surface area contributed by atoms with Gasteiger partial charge in [-0.2, -0.15) is 0 Å². The molecule has 0 N–H and O–H groups in total. The van der Waals surface area contributed by atoms with Gasteiger partial charge in [0, 0.05) is 31.8 Å². The molecule has 1 fully saturated rings. The van der Waals surface area contributed by atoms with E-state index in [1.54, 1.807) is 13.8 Å². The van der Waals surface area contributed by atoms with Crippen molar-refractivity contribution in [3.8, 4) is 0 Å². The number of carbonyl (C=O) groups is 1. The summed E-state index contributed by atoms with van der Waals surface area (Å²) in [6, 6.07) is 0. The summed E-state index contributed by atoms with van der Waals surface area (Å²) in [5.41, 5.74) is 0. The van der Waals surface area contributed by atoms with Gasteiger partial charge in [-0.1, -0.05) is 6.92 Å². The molecule has 1 rings (SSSR count). The lowest BCUT2D eigenvalue weighted by atomic mass is 9.99. The van der Waals surface area contributed by atoms with Gasteiger partial charge in [-0.15, -0.1) is 0 Å². The third kappa shape index (κ3) is 2.22. The van der Waals surface area contributed by atoms with E-state index in [1.807, 2.05) is 0 Å². The average molecular weight is 250 g/mol. The van der Waals surface area contributed by atoms with Crippen LogP contribution in [0.1, 0.15) is 26.7 Å². The van der Waals surface area contributed by atoms with E-state index in [0.29, 0.717) is 0 Å². The zero-order valence-corrected chi connectivity index (χ0v) is 10.5. The highest BCUT2D eigenvalue weighted by Crippen LogP contribution is 2.31. The van der Waals surface area contributed by atoms with Crippen LogP contribution in [0.3, 0.4) is 0 Å². The molecule has 0 aromatic rings. The third-order valence-corrected chi connectivity index (χ3v) is 5.45. The summed E-state index contributed by atoms with van der Waals surface area (Å²) in [7, 11) is -3.46. The number of hydrogen-bond acceptors (Lipinski definition) is 5. The van der Waals surface area contributed by atoms with Crippen molar-refractivity contribution in [2.24, 2.45) is 0 Å². The molecule has 1 heterocycles. The molecule has 0 aromatic carbocycles. The Kier molecular flexibility index (Phi) is 4.32. The van der Waals surface area contributed by atoms with E-state index in [4.69, 9.17) is 9.47 Å². The zero-order valence-electron chi connectivity index (χ0n) is 9.69. The fourth-order valence-electron chi connectivity index (χ4n) is 1.88. The van der Waals surface area contributed by atoms with E-state index in [2.05, 4.69) is 0 Å². The highest BCUT2D eigenvalue weighted by molar-refractivity contribution is 7.93. The molecule has 0 spiro atoms. The number of ether oxygens (including phenoxy) is 2. The quantitative estimate of drug-likeness (QED) is 0.681. The van der Waals surface area contributed by atoms with Crippen molar-refractivity contribution in [3.63, 3.8) is 0 Å². The first-order chi connectivity index (χ1) is 7.50. The highest BCUT2D eigenvalue weighted by Gasteiger charge is 2.51. The molecule has 16 heavy (non-hydrogen) atoms. The second-order valence-electron chi connectivity index (χ2n) is 3.73. The number of carbonyl (C=O) groups excluding carboxylic acids is 1. The number of hydrogen-bond donors (Lipinski definition) is 0. The van der Waals surface area contributed by atoms with E-state index in [-0.39, 0.29) is 38.4 Å². The normalized spacial score (nSPS) is 20.4. The summed E-state index contributed by atoms with van der Waals surface area (Å²) in [5, 5.41) is 0. The van der Waals surface area contributed by atoms with Crippen molar-refractivity contribution in [2.45, 2.75) is 31.4 Å². The first-order valence-corrected chi connectivity index (χ1v) is 7.12. The van der Waals surface area contributed by atoms with Crippen LogP contribution in [-0.4, -0.2) is 44.7 Å². The molecule has 0 saturated carbocycles. The Hall–Kier alpha value is -0.620. The summed E-state index contributed by atoms with van der Waals surface area (Å²) in [6.07, 6.45) is 0.393. The summed E-state index contributed by atoms with van der Waals surface area (Å²) in [4.78, 5) is 11.9. The molecule has 0 amide bonds. The van der Waals surface area contributed by atoms with Crippen LogP contribution in [0.25, 0.3) is 0 Å². The van der Waals surface area contributed by atoms with Crippen LogP contribution in [0, 0.1) is 0 Å². The molecule has 0 radical (unpaired) electrons. The van der Waals surface area contributed by atoms with Gasteiger partial charge in [0.15, 0.2) is 14.6 Å². The number of esters is 1. The van der Waals surface area contributed by atoms with Gasteiger partial charge in [-0.05, 0) is 6.92 Å². The van der Waals surface area contributed by atoms with Gasteiger partial charge in [-0.25, -0.2) is 8.42 Å². The average Bonchev–Trinajstić information content (AvgIpc) is 2.30. The standard InChI is InChI=1S/C10H18O5S/c1-3-15-9(11)10(16(12,13)4-2)5-7-14-8-6-10/h3-8H2,1-2H3.